The van der Waals surface area contributed by atoms with Gasteiger partial charge in [0.25, 0.3) is 0 Å². The summed E-state index contributed by atoms with van der Waals surface area (Å²) < 4.78 is 33.1. The zero-order chi connectivity index (χ0) is 15.5. The van der Waals surface area contributed by atoms with Gasteiger partial charge in [-0.3, -0.25) is 0 Å². The van der Waals surface area contributed by atoms with E-state index >= 15 is 0 Å². The Kier molecular flexibility index (Phi) is 5.27. The van der Waals surface area contributed by atoms with Crippen molar-refractivity contribution in [2.45, 2.75) is 36.8 Å². The van der Waals surface area contributed by atoms with E-state index in [-0.39, 0.29) is 16.5 Å². The highest BCUT2D eigenvalue weighted by atomic mass is 35.5. The van der Waals surface area contributed by atoms with Crippen LogP contribution in [0.1, 0.15) is 25.3 Å². The highest BCUT2D eigenvalue weighted by Gasteiger charge is 2.31. The van der Waals surface area contributed by atoms with Crippen LogP contribution in [0.2, 0.25) is 5.02 Å². The van der Waals surface area contributed by atoms with Crippen LogP contribution in [-0.4, -0.2) is 34.2 Å². The number of sulfonamides is 1. The van der Waals surface area contributed by atoms with Crippen LogP contribution in [0.3, 0.4) is 0 Å². The molecular formula is C14H21ClN2O3S. The van der Waals surface area contributed by atoms with E-state index in [1.54, 1.807) is 25.2 Å². The van der Waals surface area contributed by atoms with E-state index in [4.69, 9.17) is 16.3 Å². The van der Waals surface area contributed by atoms with Gasteiger partial charge < -0.3 is 10.1 Å². The molecule has 0 aromatic heterocycles. The van der Waals surface area contributed by atoms with Gasteiger partial charge >= 0.3 is 0 Å². The molecule has 118 valence electrons. The Morgan fingerprint density at radius 2 is 2.19 bits per heavy atom. The summed E-state index contributed by atoms with van der Waals surface area (Å²) in [7, 11) is -1.84. The van der Waals surface area contributed by atoms with Crippen molar-refractivity contribution >= 4 is 21.6 Å². The van der Waals surface area contributed by atoms with Gasteiger partial charge in [0, 0.05) is 19.7 Å². The predicted octanol–water partition coefficient (Wildman–Crippen LogP) is 1.91. The van der Waals surface area contributed by atoms with Crippen molar-refractivity contribution in [3.63, 3.8) is 0 Å². The van der Waals surface area contributed by atoms with Crippen LogP contribution in [0.15, 0.2) is 23.1 Å². The van der Waals surface area contributed by atoms with Crippen molar-refractivity contribution in [2.24, 2.45) is 0 Å². The molecule has 0 radical (unpaired) electrons. The summed E-state index contributed by atoms with van der Waals surface area (Å²) in [6.07, 6.45) is 1.81. The SMILES string of the molecule is CNCc1ccc(Cl)c(S(=O)(=O)NCC2(C)CCCO2)c1. The Morgan fingerprint density at radius 1 is 1.43 bits per heavy atom. The van der Waals surface area contributed by atoms with E-state index in [1.807, 2.05) is 6.92 Å². The third kappa shape index (κ3) is 4.17. The molecular weight excluding hydrogens is 312 g/mol. The van der Waals surface area contributed by atoms with Gasteiger partial charge in [0.05, 0.1) is 10.6 Å². The maximum atomic E-state index is 12.4. The van der Waals surface area contributed by atoms with Crippen LogP contribution in [0, 0.1) is 0 Å². The largest absolute Gasteiger partial charge is 0.374 e. The topological polar surface area (TPSA) is 67.4 Å². The van der Waals surface area contributed by atoms with E-state index < -0.39 is 15.6 Å². The molecule has 2 N–H and O–H groups in total. The zero-order valence-electron chi connectivity index (χ0n) is 12.3. The minimum absolute atomic E-state index is 0.110. The predicted molar refractivity (Wildman–Crippen MR) is 83.0 cm³/mol. The van der Waals surface area contributed by atoms with Crippen molar-refractivity contribution in [1.29, 1.82) is 0 Å². The normalized spacial score (nSPS) is 22.6. The summed E-state index contributed by atoms with van der Waals surface area (Å²) in [5.74, 6) is 0. The first-order valence-corrected chi connectivity index (χ1v) is 8.79. The molecule has 5 nitrogen and oxygen atoms in total. The Hall–Kier alpha value is -0.660. The average Bonchev–Trinajstić information content (AvgIpc) is 2.87. The molecule has 0 aliphatic carbocycles. The van der Waals surface area contributed by atoms with Crippen LogP contribution in [-0.2, 0) is 21.3 Å². The van der Waals surface area contributed by atoms with Crippen molar-refractivity contribution in [3.05, 3.63) is 28.8 Å². The lowest BCUT2D eigenvalue weighted by molar-refractivity contribution is 0.0250. The lowest BCUT2D eigenvalue weighted by Crippen LogP contribution is -2.40. The number of hydrogen-bond acceptors (Lipinski definition) is 4. The Balaban J connectivity index is 2.16. The molecule has 1 aliphatic heterocycles. The fourth-order valence-corrected chi connectivity index (χ4v) is 4.07. The Morgan fingerprint density at radius 3 is 2.81 bits per heavy atom. The molecule has 1 saturated heterocycles. The minimum atomic E-state index is -3.65. The lowest BCUT2D eigenvalue weighted by atomic mass is 10.0. The number of nitrogens with one attached hydrogen (secondary N) is 2. The fourth-order valence-electron chi connectivity index (χ4n) is 2.37. The number of hydrogen-bond donors (Lipinski definition) is 2. The Bertz CT molecular complexity index is 598. The number of rotatable bonds is 6. The summed E-state index contributed by atoms with van der Waals surface area (Å²) in [4.78, 5) is 0.110. The molecule has 1 heterocycles. The molecule has 21 heavy (non-hydrogen) atoms. The molecule has 1 aromatic rings. The second-order valence-corrected chi connectivity index (χ2v) is 7.66. The first-order valence-electron chi connectivity index (χ1n) is 6.93. The van der Waals surface area contributed by atoms with Crippen molar-refractivity contribution < 1.29 is 13.2 Å². The first kappa shape index (κ1) is 16.7. The molecule has 1 fully saturated rings. The number of benzene rings is 1. The van der Waals surface area contributed by atoms with E-state index in [9.17, 15) is 8.42 Å². The summed E-state index contributed by atoms with van der Waals surface area (Å²) in [6.45, 7) is 3.43. The summed E-state index contributed by atoms with van der Waals surface area (Å²) in [6, 6.07) is 5.01. The van der Waals surface area contributed by atoms with Crippen molar-refractivity contribution in [3.8, 4) is 0 Å². The third-order valence-electron chi connectivity index (χ3n) is 3.60. The molecule has 0 bridgehead atoms. The van der Waals surface area contributed by atoms with Gasteiger partial charge in [-0.2, -0.15) is 0 Å². The highest BCUT2D eigenvalue weighted by Crippen LogP contribution is 2.26. The summed E-state index contributed by atoms with van der Waals surface area (Å²) in [5.41, 5.74) is 0.438. The van der Waals surface area contributed by atoms with Crippen molar-refractivity contribution in [1.82, 2.24) is 10.0 Å². The van der Waals surface area contributed by atoms with Gasteiger partial charge in [0.1, 0.15) is 4.90 Å². The minimum Gasteiger partial charge on any atom is -0.374 e. The third-order valence-corrected chi connectivity index (χ3v) is 5.49. The molecule has 2 rings (SSSR count). The van der Waals surface area contributed by atoms with Gasteiger partial charge in [-0.25, -0.2) is 13.1 Å². The number of ether oxygens (including phenoxy) is 1. The fraction of sp³-hybridized carbons (Fsp3) is 0.571. The van der Waals surface area contributed by atoms with Gasteiger partial charge in [-0.05, 0) is 44.5 Å². The van der Waals surface area contributed by atoms with Gasteiger partial charge in [-0.15, -0.1) is 0 Å². The second kappa shape index (κ2) is 6.62. The van der Waals surface area contributed by atoms with E-state index in [2.05, 4.69) is 10.0 Å². The first-order chi connectivity index (χ1) is 9.86. The van der Waals surface area contributed by atoms with Crippen LogP contribution in [0.25, 0.3) is 0 Å². The van der Waals surface area contributed by atoms with E-state index in [0.717, 1.165) is 18.4 Å². The lowest BCUT2D eigenvalue weighted by Gasteiger charge is -2.23. The van der Waals surface area contributed by atoms with E-state index in [1.165, 1.54) is 0 Å². The smallest absolute Gasteiger partial charge is 0.242 e. The maximum Gasteiger partial charge on any atom is 0.242 e. The van der Waals surface area contributed by atoms with Gasteiger partial charge in [-0.1, -0.05) is 17.7 Å². The number of halogens is 1. The van der Waals surface area contributed by atoms with Crippen molar-refractivity contribution in [2.75, 3.05) is 20.2 Å². The quantitative estimate of drug-likeness (QED) is 0.835. The van der Waals surface area contributed by atoms with Crippen LogP contribution >= 0.6 is 11.6 Å². The molecule has 0 saturated carbocycles. The average molecular weight is 333 g/mol. The van der Waals surface area contributed by atoms with Gasteiger partial charge in [0.15, 0.2) is 0 Å². The molecule has 1 atom stereocenters. The molecule has 7 heteroatoms. The molecule has 0 spiro atoms. The highest BCUT2D eigenvalue weighted by molar-refractivity contribution is 7.89. The molecule has 1 aliphatic rings. The molecule has 0 amide bonds. The van der Waals surface area contributed by atoms with Crippen LogP contribution < -0.4 is 10.0 Å². The Labute approximate surface area is 131 Å². The monoisotopic (exact) mass is 332 g/mol. The van der Waals surface area contributed by atoms with Crippen LogP contribution in [0.4, 0.5) is 0 Å². The van der Waals surface area contributed by atoms with Gasteiger partial charge in [0.2, 0.25) is 10.0 Å². The standard InChI is InChI=1S/C14H21ClN2O3S/c1-14(6-3-7-20-14)10-17-21(18,19)13-8-11(9-16-2)4-5-12(13)15/h4-5,8,16-17H,3,6-7,9-10H2,1-2H3. The summed E-state index contributed by atoms with van der Waals surface area (Å²) >= 11 is 6.04. The second-order valence-electron chi connectivity index (χ2n) is 5.52. The summed E-state index contributed by atoms with van der Waals surface area (Å²) in [5, 5.41) is 3.21. The maximum absolute atomic E-state index is 12.4. The molecule has 1 unspecified atom stereocenters. The zero-order valence-corrected chi connectivity index (χ0v) is 13.9. The van der Waals surface area contributed by atoms with Crippen LogP contribution in [0.5, 0.6) is 0 Å². The van der Waals surface area contributed by atoms with E-state index in [0.29, 0.717) is 13.2 Å². The molecule has 1 aromatic carbocycles.